The zero-order valence-electron chi connectivity index (χ0n) is 22.5. The van der Waals surface area contributed by atoms with E-state index in [1.807, 2.05) is 50.2 Å². The lowest BCUT2D eigenvalue weighted by Gasteiger charge is -2.32. The van der Waals surface area contributed by atoms with Crippen molar-refractivity contribution in [3.63, 3.8) is 0 Å². The molecule has 3 aromatic carbocycles. The van der Waals surface area contributed by atoms with Gasteiger partial charge < -0.3 is 15.0 Å². The van der Waals surface area contributed by atoms with E-state index in [9.17, 15) is 18.0 Å². The summed E-state index contributed by atoms with van der Waals surface area (Å²) < 4.78 is 33.1. The van der Waals surface area contributed by atoms with Crippen LogP contribution in [0.15, 0.2) is 71.6 Å². The summed E-state index contributed by atoms with van der Waals surface area (Å²) in [5.74, 6) is -0.0826. The van der Waals surface area contributed by atoms with Crippen LogP contribution in [0.25, 0.3) is 10.8 Å². The molecule has 0 bridgehead atoms. The molecule has 1 unspecified atom stereocenters. The van der Waals surface area contributed by atoms with Crippen molar-refractivity contribution in [1.29, 1.82) is 0 Å². The fourth-order valence-corrected chi connectivity index (χ4v) is 5.42. The number of unbranched alkanes of at least 4 members (excludes halogenated alkanes) is 1. The number of hydrogen-bond donors (Lipinski definition) is 1. The molecule has 0 aliphatic carbocycles. The predicted octanol–water partition coefficient (Wildman–Crippen LogP) is 4.19. The van der Waals surface area contributed by atoms with Crippen molar-refractivity contribution in [1.82, 2.24) is 14.5 Å². The molecule has 1 atom stereocenters. The molecule has 0 radical (unpaired) electrons. The van der Waals surface area contributed by atoms with E-state index in [1.165, 1.54) is 11.9 Å². The predicted molar refractivity (Wildman–Crippen MR) is 149 cm³/mol. The Balaban J connectivity index is 1.87. The maximum Gasteiger partial charge on any atom is 0.243 e. The number of benzene rings is 3. The zero-order valence-corrected chi connectivity index (χ0v) is 23.3. The molecule has 0 aliphatic rings. The van der Waals surface area contributed by atoms with E-state index in [1.54, 1.807) is 37.4 Å². The van der Waals surface area contributed by atoms with Crippen LogP contribution in [0.5, 0.6) is 5.75 Å². The minimum atomic E-state index is -3.95. The largest absolute Gasteiger partial charge is 0.497 e. The first-order chi connectivity index (χ1) is 18.2. The number of fused-ring (bicyclic) bond motifs is 1. The Kier molecular flexibility index (Phi) is 10.3. The highest BCUT2D eigenvalue weighted by Gasteiger charge is 2.31. The molecule has 0 saturated carbocycles. The van der Waals surface area contributed by atoms with E-state index < -0.39 is 28.5 Å². The lowest BCUT2D eigenvalue weighted by atomic mass is 10.1. The normalized spacial score (nSPS) is 12.3. The minimum absolute atomic E-state index is 0.107. The summed E-state index contributed by atoms with van der Waals surface area (Å²) >= 11 is 0. The molecule has 3 aromatic rings. The number of nitrogens with one attached hydrogen (secondary N) is 1. The number of methoxy groups -OCH3 is 1. The SMILES string of the molecule is CCCCNC(=O)C(CC)N(Cc1cccc(OC)c1)C(=O)CN(C)S(=O)(=O)c1ccc2ccccc2c1. The van der Waals surface area contributed by atoms with Gasteiger partial charge in [-0.1, -0.05) is 62.7 Å². The van der Waals surface area contributed by atoms with Crippen LogP contribution in [0.1, 0.15) is 38.7 Å². The van der Waals surface area contributed by atoms with Gasteiger partial charge in [-0.25, -0.2) is 8.42 Å². The summed E-state index contributed by atoms with van der Waals surface area (Å²) in [6, 6.07) is 18.9. The van der Waals surface area contributed by atoms with Crippen LogP contribution in [-0.4, -0.2) is 62.7 Å². The number of ether oxygens (including phenoxy) is 1. The molecule has 1 N–H and O–H groups in total. The molecule has 204 valence electrons. The molecule has 2 amide bonds. The molecule has 9 heteroatoms. The van der Waals surface area contributed by atoms with Crippen molar-refractivity contribution >= 4 is 32.6 Å². The van der Waals surface area contributed by atoms with Crippen LogP contribution in [0.3, 0.4) is 0 Å². The maximum atomic E-state index is 13.6. The molecular weight excluding hydrogens is 502 g/mol. The lowest BCUT2D eigenvalue weighted by molar-refractivity contribution is -0.141. The van der Waals surface area contributed by atoms with Gasteiger partial charge in [0.1, 0.15) is 11.8 Å². The van der Waals surface area contributed by atoms with Crippen molar-refractivity contribution < 1.29 is 22.7 Å². The highest BCUT2D eigenvalue weighted by atomic mass is 32.2. The fourth-order valence-electron chi connectivity index (χ4n) is 4.27. The van der Waals surface area contributed by atoms with E-state index in [2.05, 4.69) is 5.32 Å². The van der Waals surface area contributed by atoms with E-state index in [-0.39, 0.29) is 17.3 Å². The first-order valence-corrected chi connectivity index (χ1v) is 14.3. The summed E-state index contributed by atoms with van der Waals surface area (Å²) in [5.41, 5.74) is 0.776. The number of hydrogen-bond acceptors (Lipinski definition) is 5. The number of sulfonamides is 1. The Morgan fingerprint density at radius 1 is 0.974 bits per heavy atom. The van der Waals surface area contributed by atoms with Gasteiger partial charge >= 0.3 is 0 Å². The van der Waals surface area contributed by atoms with Gasteiger partial charge in [-0.3, -0.25) is 9.59 Å². The van der Waals surface area contributed by atoms with Crippen molar-refractivity contribution in [3.05, 3.63) is 72.3 Å². The third-order valence-electron chi connectivity index (χ3n) is 6.49. The summed E-state index contributed by atoms with van der Waals surface area (Å²) in [6.07, 6.45) is 2.15. The monoisotopic (exact) mass is 539 g/mol. The summed E-state index contributed by atoms with van der Waals surface area (Å²) in [5, 5.41) is 4.64. The maximum absolute atomic E-state index is 13.6. The van der Waals surface area contributed by atoms with Crippen LogP contribution >= 0.6 is 0 Å². The first-order valence-electron chi connectivity index (χ1n) is 12.9. The third-order valence-corrected chi connectivity index (χ3v) is 8.29. The highest BCUT2D eigenvalue weighted by molar-refractivity contribution is 7.89. The number of likely N-dealkylation sites (N-methyl/N-ethyl adjacent to an activating group) is 1. The molecule has 0 aromatic heterocycles. The van der Waals surface area contributed by atoms with Gasteiger partial charge in [-0.15, -0.1) is 0 Å². The topological polar surface area (TPSA) is 96.0 Å². The van der Waals surface area contributed by atoms with Gasteiger partial charge in [-0.05, 0) is 53.4 Å². The number of carbonyl (C=O) groups is 2. The van der Waals surface area contributed by atoms with E-state index in [0.29, 0.717) is 18.7 Å². The second-order valence-electron chi connectivity index (χ2n) is 9.21. The van der Waals surface area contributed by atoms with Gasteiger partial charge in [0.2, 0.25) is 21.8 Å². The molecule has 0 aliphatic heterocycles. The third kappa shape index (κ3) is 7.11. The number of amides is 2. The van der Waals surface area contributed by atoms with Crippen molar-refractivity contribution in [2.75, 3.05) is 27.2 Å². The molecule has 0 saturated heterocycles. The van der Waals surface area contributed by atoms with Crippen LogP contribution in [-0.2, 0) is 26.2 Å². The van der Waals surface area contributed by atoms with E-state index in [0.717, 1.165) is 33.5 Å². The van der Waals surface area contributed by atoms with Crippen LogP contribution < -0.4 is 10.1 Å². The van der Waals surface area contributed by atoms with Gasteiger partial charge in [-0.2, -0.15) is 4.31 Å². The summed E-state index contributed by atoms with van der Waals surface area (Å²) in [6.45, 7) is 4.13. The molecule has 38 heavy (non-hydrogen) atoms. The lowest BCUT2D eigenvalue weighted by Crippen LogP contribution is -2.51. The first kappa shape index (κ1) is 29.1. The van der Waals surface area contributed by atoms with Crippen molar-refractivity contribution in [3.8, 4) is 5.75 Å². The Hall–Kier alpha value is -3.43. The van der Waals surface area contributed by atoms with Crippen LogP contribution in [0, 0.1) is 0 Å². The Bertz CT molecular complexity index is 1360. The summed E-state index contributed by atoms with van der Waals surface area (Å²) in [7, 11) is -1.00. The number of rotatable bonds is 13. The van der Waals surface area contributed by atoms with Gasteiger partial charge in [0.15, 0.2) is 0 Å². The van der Waals surface area contributed by atoms with Crippen molar-refractivity contribution in [2.45, 2.75) is 50.6 Å². The Labute approximate surface area is 225 Å². The average molecular weight is 540 g/mol. The van der Waals surface area contributed by atoms with Crippen LogP contribution in [0.4, 0.5) is 0 Å². The fraction of sp³-hybridized carbons (Fsp3) is 0.379. The molecule has 0 heterocycles. The summed E-state index contributed by atoms with van der Waals surface area (Å²) in [4.78, 5) is 28.3. The average Bonchev–Trinajstić information content (AvgIpc) is 2.92. The molecular formula is C29H37N3O5S. The minimum Gasteiger partial charge on any atom is -0.497 e. The highest BCUT2D eigenvalue weighted by Crippen LogP contribution is 2.22. The number of carbonyl (C=O) groups excluding carboxylic acids is 2. The number of nitrogens with zero attached hydrogens (tertiary/aromatic N) is 2. The van der Waals surface area contributed by atoms with Gasteiger partial charge in [0, 0.05) is 20.1 Å². The Morgan fingerprint density at radius 2 is 1.71 bits per heavy atom. The second kappa shape index (κ2) is 13.4. The van der Waals surface area contributed by atoms with Crippen molar-refractivity contribution in [2.24, 2.45) is 0 Å². The molecule has 8 nitrogen and oxygen atoms in total. The quantitative estimate of drug-likeness (QED) is 0.329. The Morgan fingerprint density at radius 3 is 2.39 bits per heavy atom. The van der Waals surface area contributed by atoms with E-state index >= 15 is 0 Å². The molecule has 0 fully saturated rings. The van der Waals surface area contributed by atoms with Gasteiger partial charge in [0.05, 0.1) is 18.6 Å². The van der Waals surface area contributed by atoms with E-state index in [4.69, 9.17) is 4.74 Å². The second-order valence-corrected chi connectivity index (χ2v) is 11.3. The smallest absolute Gasteiger partial charge is 0.243 e. The van der Waals surface area contributed by atoms with Gasteiger partial charge in [0.25, 0.3) is 0 Å². The zero-order chi connectivity index (χ0) is 27.7. The molecule has 3 rings (SSSR count). The molecule has 0 spiro atoms. The standard InChI is InChI=1S/C29H37N3O5S/c1-5-7-17-30-29(34)27(6-2)32(20-22-11-10-14-25(18-22)37-4)28(33)21-31(3)38(35,36)26-16-15-23-12-8-9-13-24(23)19-26/h8-16,18-19,27H,5-7,17,20-21H2,1-4H3,(H,30,34). The van der Waals surface area contributed by atoms with Crippen LogP contribution in [0.2, 0.25) is 0 Å².